The summed E-state index contributed by atoms with van der Waals surface area (Å²) >= 11 is 11.3. The molecule has 6 nitrogen and oxygen atoms in total. The molecule has 0 radical (unpaired) electrons. The van der Waals surface area contributed by atoms with Crippen LogP contribution in [0.4, 0.5) is 4.79 Å². The Labute approximate surface area is 222 Å². The topological polar surface area (TPSA) is 74.2 Å². The van der Waals surface area contributed by atoms with Gasteiger partial charge < -0.3 is 18.9 Å². The maximum absolute atomic E-state index is 13.3. The maximum atomic E-state index is 13.3. The fourth-order valence-electron chi connectivity index (χ4n) is 4.66. The van der Waals surface area contributed by atoms with Crippen LogP contribution in [0.2, 0.25) is 10.0 Å². The van der Waals surface area contributed by atoms with E-state index >= 15 is 0 Å². The first kappa shape index (κ1) is 28.2. The molecule has 35 heavy (non-hydrogen) atoms. The average molecular weight is 544 g/mol. The normalized spacial score (nSPS) is 23.7. The fourth-order valence-corrected chi connectivity index (χ4v) is 5.65. The average Bonchev–Trinajstić information content (AvgIpc) is 2.98. The highest BCUT2D eigenvalue weighted by Gasteiger charge is 2.48. The molecule has 2 aliphatic rings. The monoisotopic (exact) mass is 542 g/mol. The van der Waals surface area contributed by atoms with Crippen LogP contribution < -0.4 is 4.74 Å². The van der Waals surface area contributed by atoms with E-state index in [2.05, 4.69) is 6.58 Å². The van der Waals surface area contributed by atoms with Gasteiger partial charge in [-0.15, -0.1) is 0 Å². The third-order valence-electron chi connectivity index (χ3n) is 6.16. The lowest BCUT2D eigenvalue weighted by molar-refractivity contribution is 0.0123. The molecular formula is C26H36Cl2N2O4S. The van der Waals surface area contributed by atoms with E-state index in [1.54, 1.807) is 23.1 Å². The quantitative estimate of drug-likeness (QED) is 0.227. The first-order valence-electron chi connectivity index (χ1n) is 11.9. The highest BCUT2D eigenvalue weighted by Crippen LogP contribution is 2.46. The molecule has 194 valence electrons. The molecule has 3 atom stereocenters. The van der Waals surface area contributed by atoms with Crippen molar-refractivity contribution in [3.05, 3.63) is 40.4 Å². The summed E-state index contributed by atoms with van der Waals surface area (Å²) in [7, 11) is 0. The Morgan fingerprint density at radius 3 is 2.26 bits per heavy atom. The molecule has 1 amide bonds. The van der Waals surface area contributed by atoms with Crippen LogP contribution in [-0.2, 0) is 16.1 Å². The van der Waals surface area contributed by atoms with Gasteiger partial charge in [-0.05, 0) is 72.3 Å². The predicted octanol–water partition coefficient (Wildman–Crippen LogP) is 6.70. The first-order valence-corrected chi connectivity index (χ1v) is 13.8. The smallest absolute Gasteiger partial charge is 0.410 e. The van der Waals surface area contributed by atoms with Gasteiger partial charge in [-0.2, -0.15) is 0 Å². The number of carbonyl (C=O) groups excluding carboxylic acids is 1. The number of nitrogens with zero attached hydrogens (tertiary/aromatic N) is 2. The molecular weight excluding hydrogens is 507 g/mol. The lowest BCUT2D eigenvalue weighted by Gasteiger charge is -2.39. The van der Waals surface area contributed by atoms with Gasteiger partial charge >= 0.3 is 6.09 Å². The van der Waals surface area contributed by atoms with E-state index in [0.29, 0.717) is 40.2 Å². The Bertz CT molecular complexity index is 973. The zero-order valence-electron chi connectivity index (χ0n) is 21.4. The Kier molecular flexibility index (Phi) is 8.78. The van der Waals surface area contributed by atoms with Gasteiger partial charge in [0.25, 0.3) is 0 Å². The number of fused-ring (bicyclic) bond motifs is 2. The molecule has 1 aromatic rings. The van der Waals surface area contributed by atoms with Crippen LogP contribution in [0, 0.1) is 17.8 Å². The molecule has 0 aromatic heterocycles. The van der Waals surface area contributed by atoms with E-state index < -0.39 is 21.7 Å². The maximum Gasteiger partial charge on any atom is 0.410 e. The Balaban J connectivity index is 2.04. The molecule has 9 heteroatoms. The number of rotatable bonds is 6. The van der Waals surface area contributed by atoms with E-state index in [1.807, 2.05) is 41.5 Å². The number of benzene rings is 1. The number of carbonyl (C=O) groups is 1. The van der Waals surface area contributed by atoms with Gasteiger partial charge in [0.05, 0.1) is 10.0 Å². The van der Waals surface area contributed by atoms with Crippen molar-refractivity contribution in [3.8, 4) is 5.75 Å². The molecule has 2 fully saturated rings. The van der Waals surface area contributed by atoms with Gasteiger partial charge in [-0.25, -0.2) is 4.79 Å². The molecule has 3 rings (SSSR count). The van der Waals surface area contributed by atoms with Crippen molar-refractivity contribution in [3.63, 3.8) is 0 Å². The van der Waals surface area contributed by atoms with Crippen LogP contribution in [0.15, 0.2) is 29.2 Å². The van der Waals surface area contributed by atoms with Gasteiger partial charge in [0.2, 0.25) is 0 Å². The van der Waals surface area contributed by atoms with Crippen molar-refractivity contribution < 1.29 is 18.8 Å². The van der Waals surface area contributed by atoms with Crippen molar-refractivity contribution in [1.29, 1.82) is 0 Å². The van der Waals surface area contributed by atoms with Crippen molar-refractivity contribution in [1.82, 2.24) is 4.90 Å². The molecule has 2 bridgehead atoms. The number of ether oxygens (including phenoxy) is 2. The summed E-state index contributed by atoms with van der Waals surface area (Å²) in [5.41, 5.74) is 0.833. The molecule has 1 aliphatic heterocycles. The first-order chi connectivity index (χ1) is 16.2. The van der Waals surface area contributed by atoms with E-state index in [1.165, 1.54) is 0 Å². The zero-order chi connectivity index (χ0) is 26.1. The van der Waals surface area contributed by atoms with Crippen LogP contribution in [-0.4, -0.2) is 51.3 Å². The van der Waals surface area contributed by atoms with Crippen LogP contribution in [0.3, 0.4) is 0 Å². The summed E-state index contributed by atoms with van der Waals surface area (Å²) < 4.78 is 29.1. The number of amides is 1. The number of hydrogen-bond acceptors (Lipinski definition) is 5. The highest BCUT2D eigenvalue weighted by atomic mass is 35.5. The zero-order valence-corrected chi connectivity index (χ0v) is 23.7. The Morgan fingerprint density at radius 1 is 1.17 bits per heavy atom. The predicted molar refractivity (Wildman–Crippen MR) is 144 cm³/mol. The van der Waals surface area contributed by atoms with Crippen molar-refractivity contribution in [2.24, 2.45) is 22.2 Å². The number of halogens is 2. The van der Waals surface area contributed by atoms with Crippen LogP contribution in [0.25, 0.3) is 0 Å². The lowest BCUT2D eigenvalue weighted by Crippen LogP contribution is -2.49. The molecule has 0 spiro atoms. The minimum atomic E-state index is -1.50. The standard InChI is InChI=1S/C26H36Cl2N2O4S/c1-8-11-33-21-13-20(28)19(27)12-18(21)23(29-35(32)26(5,6)7)22-16-9-10-17(22)15-30(14-16)24(31)34-25(2,3)4/h8,12-13,16-17,22H,1,9-11,14-15H2,2-7H3. The number of piperidine rings is 1. The minimum Gasteiger partial charge on any atom is -0.591 e. The number of hydrogen-bond donors (Lipinski definition) is 0. The van der Waals surface area contributed by atoms with Crippen molar-refractivity contribution >= 4 is 46.4 Å². The third kappa shape index (κ3) is 6.88. The van der Waals surface area contributed by atoms with E-state index in [9.17, 15) is 9.35 Å². The lowest BCUT2D eigenvalue weighted by atomic mass is 9.79. The fraction of sp³-hybridized carbons (Fsp3) is 0.615. The van der Waals surface area contributed by atoms with Gasteiger partial charge in [0, 0.05) is 30.6 Å². The van der Waals surface area contributed by atoms with Gasteiger partial charge in [0.1, 0.15) is 39.8 Å². The van der Waals surface area contributed by atoms with Gasteiger partial charge in [-0.1, -0.05) is 40.3 Å². The molecule has 1 heterocycles. The van der Waals surface area contributed by atoms with Crippen LogP contribution in [0.5, 0.6) is 5.75 Å². The second kappa shape index (κ2) is 10.9. The number of likely N-dealkylation sites (tertiary alicyclic amines) is 1. The van der Waals surface area contributed by atoms with Crippen molar-refractivity contribution in [2.75, 3.05) is 19.7 Å². The second-order valence-corrected chi connectivity index (χ2v) is 13.9. The van der Waals surface area contributed by atoms with E-state index in [4.69, 9.17) is 37.1 Å². The van der Waals surface area contributed by atoms with E-state index in [0.717, 1.165) is 12.8 Å². The van der Waals surface area contributed by atoms with E-state index in [-0.39, 0.29) is 30.5 Å². The Morgan fingerprint density at radius 2 is 1.74 bits per heavy atom. The Hall–Kier alpha value is -1.41. The minimum absolute atomic E-state index is 0.00306. The largest absolute Gasteiger partial charge is 0.591 e. The van der Waals surface area contributed by atoms with Gasteiger partial charge in [0.15, 0.2) is 0 Å². The summed E-state index contributed by atoms with van der Waals surface area (Å²) in [6.07, 6.45) is 3.24. The summed E-state index contributed by atoms with van der Waals surface area (Å²) in [5.74, 6) is 0.832. The summed E-state index contributed by atoms with van der Waals surface area (Å²) in [4.78, 5) is 14.6. The highest BCUT2D eigenvalue weighted by molar-refractivity contribution is 7.91. The third-order valence-corrected chi connectivity index (χ3v) is 8.29. The second-order valence-electron chi connectivity index (χ2n) is 11.2. The molecule has 1 aromatic carbocycles. The summed E-state index contributed by atoms with van der Waals surface area (Å²) in [6.45, 7) is 16.4. The van der Waals surface area contributed by atoms with Crippen LogP contribution in [0.1, 0.15) is 59.9 Å². The SMILES string of the molecule is C=CCOc1cc(Cl)c(Cl)cc1C(=N[S+]([O-])C(C)(C)C)C1C2CCC1CN(C(=O)OC(C)(C)C)C2. The molecule has 1 saturated heterocycles. The molecule has 1 aliphatic carbocycles. The summed E-state index contributed by atoms with van der Waals surface area (Å²) in [6, 6.07) is 3.43. The molecule has 3 unspecified atom stereocenters. The van der Waals surface area contributed by atoms with Gasteiger partial charge in [-0.3, -0.25) is 0 Å². The summed E-state index contributed by atoms with van der Waals surface area (Å²) in [5, 5.41) is 0.744. The molecule has 1 saturated carbocycles. The van der Waals surface area contributed by atoms with Crippen LogP contribution >= 0.6 is 23.2 Å². The molecule has 0 N–H and O–H groups in total. The van der Waals surface area contributed by atoms with Crippen molar-refractivity contribution in [2.45, 2.75) is 64.7 Å².